The third-order valence-corrected chi connectivity index (χ3v) is 3.89. The summed E-state index contributed by atoms with van der Waals surface area (Å²) in [5.74, 6) is 1.52. The summed E-state index contributed by atoms with van der Waals surface area (Å²) < 4.78 is 16.6. The van der Waals surface area contributed by atoms with E-state index in [1.54, 1.807) is 42.9 Å². The van der Waals surface area contributed by atoms with Crippen molar-refractivity contribution in [2.24, 2.45) is 0 Å². The van der Waals surface area contributed by atoms with Crippen molar-refractivity contribution in [3.8, 4) is 17.2 Å². The molecule has 0 saturated carbocycles. The number of benzene rings is 2. The molecule has 0 aliphatic carbocycles. The van der Waals surface area contributed by atoms with E-state index < -0.39 is 0 Å². The van der Waals surface area contributed by atoms with Crippen LogP contribution in [0.15, 0.2) is 36.4 Å². The molecule has 0 saturated heterocycles. The van der Waals surface area contributed by atoms with Crippen LogP contribution in [0.4, 0.5) is 0 Å². The van der Waals surface area contributed by atoms with Crippen LogP contribution in [0.5, 0.6) is 17.2 Å². The minimum Gasteiger partial charge on any atom is -0.493 e. The minimum absolute atomic E-state index is 0.0682. The minimum atomic E-state index is -0.0682. The van der Waals surface area contributed by atoms with Gasteiger partial charge in [0.2, 0.25) is 9.54 Å². The number of hydrogen-bond donors (Lipinski definition) is 0. The second-order valence-corrected chi connectivity index (χ2v) is 5.64. The summed E-state index contributed by atoms with van der Waals surface area (Å²) in [6, 6.07) is 11.5. The van der Waals surface area contributed by atoms with Crippen LogP contribution >= 0.6 is 22.6 Å². The van der Waals surface area contributed by atoms with Crippen LogP contribution in [0.2, 0.25) is 0 Å². The Bertz CT molecular complexity index is 668. The lowest BCUT2D eigenvalue weighted by Gasteiger charge is -2.18. The maximum absolute atomic E-state index is 11.7. The molecule has 0 N–H and O–H groups in total. The first kappa shape index (κ1) is 16.6. The van der Waals surface area contributed by atoms with Gasteiger partial charge in [-0.25, -0.2) is 0 Å². The van der Waals surface area contributed by atoms with Crippen molar-refractivity contribution in [3.05, 3.63) is 53.1 Å². The van der Waals surface area contributed by atoms with Crippen molar-refractivity contribution < 1.29 is 19.0 Å². The van der Waals surface area contributed by atoms with Crippen LogP contribution < -0.4 is 14.2 Å². The van der Waals surface area contributed by atoms with E-state index in [4.69, 9.17) is 14.2 Å². The predicted octanol–water partition coefficient (Wildman–Crippen LogP) is 4.17. The fraction of sp³-hybridized carbons (Fsp3) is 0.235. The van der Waals surface area contributed by atoms with Gasteiger partial charge in [0.15, 0.2) is 11.5 Å². The lowest BCUT2D eigenvalue weighted by Crippen LogP contribution is -2.04. The van der Waals surface area contributed by atoms with Gasteiger partial charge in [0.05, 0.1) is 14.2 Å². The van der Waals surface area contributed by atoms with E-state index in [1.807, 2.05) is 37.3 Å². The van der Waals surface area contributed by atoms with E-state index in [-0.39, 0.29) is 3.79 Å². The van der Waals surface area contributed by atoms with Crippen molar-refractivity contribution in [1.82, 2.24) is 0 Å². The van der Waals surface area contributed by atoms with E-state index in [0.717, 1.165) is 11.1 Å². The summed E-state index contributed by atoms with van der Waals surface area (Å²) in [5.41, 5.74) is 2.34. The van der Waals surface area contributed by atoms with E-state index >= 15 is 0 Å². The molecular formula is C17H17IO4. The molecule has 2 aromatic rings. The summed E-state index contributed by atoms with van der Waals surface area (Å²) in [5, 5.41) is 0. The van der Waals surface area contributed by atoms with Gasteiger partial charge in [0.1, 0.15) is 6.61 Å². The Morgan fingerprint density at radius 1 is 1.09 bits per heavy atom. The van der Waals surface area contributed by atoms with E-state index in [1.165, 1.54) is 0 Å². The molecule has 0 aliphatic heterocycles. The van der Waals surface area contributed by atoms with Gasteiger partial charge in [0.25, 0.3) is 0 Å². The molecule has 2 rings (SSSR count). The highest BCUT2D eigenvalue weighted by atomic mass is 127. The smallest absolute Gasteiger partial charge is 0.222 e. The average molecular weight is 412 g/mol. The largest absolute Gasteiger partial charge is 0.493 e. The van der Waals surface area contributed by atoms with E-state index in [9.17, 15) is 4.79 Å². The van der Waals surface area contributed by atoms with Crippen molar-refractivity contribution >= 4 is 26.4 Å². The molecule has 0 spiro atoms. The molecule has 0 fully saturated rings. The molecule has 5 heteroatoms. The fourth-order valence-electron chi connectivity index (χ4n) is 2.18. The fourth-order valence-corrected chi connectivity index (χ4v) is 2.74. The van der Waals surface area contributed by atoms with Crippen molar-refractivity contribution in [3.63, 3.8) is 0 Å². The maximum atomic E-state index is 11.7. The summed E-state index contributed by atoms with van der Waals surface area (Å²) >= 11 is 1.75. The number of methoxy groups -OCH3 is 2. The van der Waals surface area contributed by atoms with Gasteiger partial charge in [-0.3, -0.25) is 4.79 Å². The Morgan fingerprint density at radius 3 is 2.32 bits per heavy atom. The van der Waals surface area contributed by atoms with Gasteiger partial charge in [0, 0.05) is 33.7 Å². The number of ether oxygens (including phenoxy) is 3. The number of carbonyl (C=O) groups is 1. The lowest BCUT2D eigenvalue weighted by molar-refractivity contribution is 0.110. The molecule has 0 radical (unpaired) electrons. The number of carbonyl (C=O) groups excluding carboxylic acids is 1. The molecule has 0 heterocycles. The third-order valence-electron chi connectivity index (χ3n) is 3.31. The Hall–Kier alpha value is -1.76. The Labute approximate surface area is 143 Å². The van der Waals surface area contributed by atoms with Crippen LogP contribution in [0, 0.1) is 6.92 Å². The highest BCUT2D eigenvalue weighted by molar-refractivity contribution is 14.1. The first-order chi connectivity index (χ1) is 10.6. The quantitative estimate of drug-likeness (QED) is 0.528. The molecule has 0 aromatic heterocycles. The van der Waals surface area contributed by atoms with Gasteiger partial charge < -0.3 is 14.2 Å². The molecule has 0 aliphatic rings. The van der Waals surface area contributed by atoms with Gasteiger partial charge in [-0.05, 0) is 18.6 Å². The highest BCUT2D eigenvalue weighted by Crippen LogP contribution is 2.42. The standard InChI is InChI=1S/C17H17IO4/c1-11-13(17(18)19)9-14(20-2)16(15(11)21-3)22-10-12-7-5-4-6-8-12/h4-9H,10H2,1-3H3. The predicted molar refractivity (Wildman–Crippen MR) is 93.4 cm³/mol. The molecule has 0 atom stereocenters. The van der Waals surface area contributed by atoms with Crippen molar-refractivity contribution in [1.29, 1.82) is 0 Å². The summed E-state index contributed by atoms with van der Waals surface area (Å²) in [6.45, 7) is 2.23. The molecule has 0 unspecified atom stereocenters. The van der Waals surface area contributed by atoms with Crippen LogP contribution in [0.25, 0.3) is 0 Å². The molecule has 0 amide bonds. The lowest BCUT2D eigenvalue weighted by atomic mass is 10.1. The Balaban J connectivity index is 2.41. The topological polar surface area (TPSA) is 44.8 Å². The van der Waals surface area contributed by atoms with Crippen molar-refractivity contribution in [2.45, 2.75) is 13.5 Å². The summed E-state index contributed by atoms with van der Waals surface area (Å²) in [6.07, 6.45) is 0. The normalized spacial score (nSPS) is 10.2. The Kier molecular flexibility index (Phi) is 5.65. The maximum Gasteiger partial charge on any atom is 0.222 e. The highest BCUT2D eigenvalue weighted by Gasteiger charge is 2.21. The van der Waals surface area contributed by atoms with E-state index in [2.05, 4.69) is 0 Å². The Morgan fingerprint density at radius 2 is 1.77 bits per heavy atom. The first-order valence-corrected chi connectivity index (χ1v) is 7.78. The summed E-state index contributed by atoms with van der Waals surface area (Å²) in [7, 11) is 3.10. The molecule has 2 aromatic carbocycles. The van der Waals surface area contributed by atoms with Crippen LogP contribution in [0.1, 0.15) is 21.5 Å². The van der Waals surface area contributed by atoms with Crippen LogP contribution in [-0.4, -0.2) is 18.0 Å². The van der Waals surface area contributed by atoms with Gasteiger partial charge in [-0.2, -0.15) is 0 Å². The van der Waals surface area contributed by atoms with Crippen LogP contribution in [0.3, 0.4) is 0 Å². The molecular weight excluding hydrogens is 395 g/mol. The second kappa shape index (κ2) is 7.49. The van der Waals surface area contributed by atoms with Gasteiger partial charge >= 0.3 is 0 Å². The monoisotopic (exact) mass is 412 g/mol. The summed E-state index contributed by atoms with van der Waals surface area (Å²) in [4.78, 5) is 11.7. The SMILES string of the molecule is COc1cc(C(=O)I)c(C)c(OC)c1OCc1ccccc1. The molecule has 116 valence electrons. The third kappa shape index (κ3) is 3.52. The zero-order valence-corrected chi connectivity index (χ0v) is 14.8. The van der Waals surface area contributed by atoms with Crippen molar-refractivity contribution in [2.75, 3.05) is 14.2 Å². The molecule has 22 heavy (non-hydrogen) atoms. The van der Waals surface area contributed by atoms with E-state index in [0.29, 0.717) is 29.4 Å². The van der Waals surface area contributed by atoms with Gasteiger partial charge in [-0.15, -0.1) is 0 Å². The number of halogens is 1. The molecule has 0 bridgehead atoms. The van der Waals surface area contributed by atoms with Crippen LogP contribution in [-0.2, 0) is 6.61 Å². The van der Waals surface area contributed by atoms with Gasteiger partial charge in [-0.1, -0.05) is 30.3 Å². The number of rotatable bonds is 6. The average Bonchev–Trinajstić information content (AvgIpc) is 2.53. The first-order valence-electron chi connectivity index (χ1n) is 6.70. The number of hydrogen-bond acceptors (Lipinski definition) is 4. The zero-order valence-electron chi connectivity index (χ0n) is 12.7. The molecule has 4 nitrogen and oxygen atoms in total. The second-order valence-electron chi connectivity index (χ2n) is 4.66. The zero-order chi connectivity index (χ0) is 16.1.